The van der Waals surface area contributed by atoms with E-state index in [0.717, 1.165) is 51.4 Å². The van der Waals surface area contributed by atoms with Crippen molar-refractivity contribution in [1.82, 2.24) is 0 Å². The number of phosphoric ester groups is 1. The Morgan fingerprint density at radius 2 is 0.726 bits per heavy atom. The number of likely N-dealkylation sites (N-methyl/N-ethyl adjacent to an activating group) is 1. The summed E-state index contributed by atoms with van der Waals surface area (Å²) in [6.45, 7) is 3.80. The lowest BCUT2D eigenvalue weighted by molar-refractivity contribution is -0.870. The van der Waals surface area contributed by atoms with Gasteiger partial charge in [0.2, 0.25) is 5.60 Å². The molecule has 0 aromatic rings. The number of carbonyl (C=O) groups is 2. The maximum absolute atomic E-state index is 13.9. The van der Waals surface area contributed by atoms with E-state index in [1.165, 1.54) is 180 Å². The summed E-state index contributed by atoms with van der Waals surface area (Å²) in [5.74, 6) is -1.53. The number of ketones is 2. The van der Waals surface area contributed by atoms with Crippen molar-refractivity contribution in [3.05, 3.63) is 0 Å². The lowest BCUT2D eigenvalue weighted by atomic mass is 9.82. The maximum atomic E-state index is 13.9. The molecule has 0 aromatic heterocycles. The fraction of sp³-hybridized carbons (Fsp3) is 0.962. The van der Waals surface area contributed by atoms with Crippen molar-refractivity contribution in [1.29, 1.82) is 0 Å². The van der Waals surface area contributed by atoms with Gasteiger partial charge in [0.05, 0.1) is 27.7 Å². The quantitative estimate of drug-likeness (QED) is 0.0238. The van der Waals surface area contributed by atoms with Crippen LogP contribution in [0.5, 0.6) is 0 Å². The molecule has 0 aliphatic heterocycles. The molecule has 0 fully saturated rings. The van der Waals surface area contributed by atoms with E-state index < -0.39 is 37.7 Å². The summed E-state index contributed by atoms with van der Waals surface area (Å²) < 4.78 is 24.4. The molecular formula is C52H105NO8P+. The number of quaternary nitrogens is 1. The number of unbranched alkanes of at least 4 members (excludes halogenated alkanes) is 36. The molecular weight excluding hydrogens is 798 g/mol. The summed E-state index contributed by atoms with van der Waals surface area (Å²) in [5, 5.41) is 21.1. The van der Waals surface area contributed by atoms with Crippen LogP contribution in [0, 0.1) is 0 Å². The van der Waals surface area contributed by atoms with E-state index in [-0.39, 0.29) is 19.4 Å². The molecule has 0 radical (unpaired) electrons. The molecule has 370 valence electrons. The summed E-state index contributed by atoms with van der Waals surface area (Å²) in [7, 11) is 0.750. The number of carbonyl (C=O) groups excluding carboxylic acids is 2. The van der Waals surface area contributed by atoms with E-state index in [2.05, 4.69) is 13.8 Å². The Labute approximate surface area is 384 Å². The van der Waals surface area contributed by atoms with Crippen LogP contribution in [0.25, 0.3) is 0 Å². The SMILES string of the molecule is CCCCCCCCCCCCCCCCCCCCCC(=O)C(OP(=O)(O)OCC[N+](C)(C)C)(C(=O)CCCCCCCCCCCCCCCCCCCCC)[C@@H](O)CO. The van der Waals surface area contributed by atoms with Crippen molar-refractivity contribution in [3.63, 3.8) is 0 Å². The normalized spacial score (nSPS) is 13.7. The van der Waals surface area contributed by atoms with Gasteiger partial charge in [-0.05, 0) is 12.8 Å². The number of aliphatic hydroxyl groups is 2. The molecule has 10 heteroatoms. The molecule has 3 N–H and O–H groups in total. The van der Waals surface area contributed by atoms with Gasteiger partial charge in [-0.25, -0.2) is 4.57 Å². The fourth-order valence-electron chi connectivity index (χ4n) is 8.56. The molecule has 1 unspecified atom stereocenters. The van der Waals surface area contributed by atoms with Crippen molar-refractivity contribution in [2.24, 2.45) is 0 Å². The van der Waals surface area contributed by atoms with Crippen LogP contribution in [0.2, 0.25) is 0 Å². The van der Waals surface area contributed by atoms with Gasteiger partial charge < -0.3 is 19.6 Å². The second-order valence-electron chi connectivity index (χ2n) is 19.9. The van der Waals surface area contributed by atoms with Crippen LogP contribution in [0.4, 0.5) is 0 Å². The number of rotatable bonds is 50. The molecule has 2 atom stereocenters. The van der Waals surface area contributed by atoms with Gasteiger partial charge >= 0.3 is 7.82 Å². The van der Waals surface area contributed by atoms with Crippen molar-refractivity contribution >= 4 is 19.4 Å². The van der Waals surface area contributed by atoms with Gasteiger partial charge in [0.25, 0.3) is 0 Å². The summed E-state index contributed by atoms with van der Waals surface area (Å²) in [4.78, 5) is 38.6. The van der Waals surface area contributed by atoms with Crippen LogP contribution < -0.4 is 0 Å². The third kappa shape index (κ3) is 35.6. The van der Waals surface area contributed by atoms with Crippen LogP contribution in [-0.2, 0) is 23.2 Å². The highest BCUT2D eigenvalue weighted by molar-refractivity contribution is 7.47. The van der Waals surface area contributed by atoms with E-state index in [9.17, 15) is 29.3 Å². The Kier molecular flexibility index (Phi) is 41.3. The summed E-state index contributed by atoms with van der Waals surface area (Å²) >= 11 is 0. The van der Waals surface area contributed by atoms with Gasteiger partial charge in [0, 0.05) is 12.8 Å². The zero-order chi connectivity index (χ0) is 46.1. The molecule has 0 bridgehead atoms. The fourth-order valence-corrected chi connectivity index (χ4v) is 9.61. The predicted octanol–water partition coefficient (Wildman–Crippen LogP) is 14.7. The molecule has 62 heavy (non-hydrogen) atoms. The number of hydrogen-bond donors (Lipinski definition) is 3. The van der Waals surface area contributed by atoms with Crippen molar-refractivity contribution < 1.29 is 42.8 Å². The summed E-state index contributed by atoms with van der Waals surface area (Å²) in [5.41, 5.74) is -2.65. The van der Waals surface area contributed by atoms with Gasteiger partial charge in [0.1, 0.15) is 19.3 Å². The Morgan fingerprint density at radius 3 is 0.952 bits per heavy atom. The largest absolute Gasteiger partial charge is 0.473 e. The van der Waals surface area contributed by atoms with Crippen LogP contribution in [0.1, 0.15) is 271 Å². The standard InChI is InChI=1S/C52H104NO8P/c1-6-8-10-12-14-16-18-20-22-24-26-28-30-32-34-36-38-40-42-44-49(55)52(51(57)48-54,61-62(58,59)60-47-46-53(3,4)5)50(56)45-43-41-39-37-35-33-31-29-27-25-23-21-19-17-15-13-11-9-7-2/h51,54,57H,6-48H2,1-5H3/p+1/t51-/m0/s1. The van der Waals surface area contributed by atoms with E-state index in [1.807, 2.05) is 21.1 Å². The topological polar surface area (TPSA) is 130 Å². The minimum Gasteiger partial charge on any atom is -0.394 e. The van der Waals surface area contributed by atoms with E-state index >= 15 is 0 Å². The third-order valence-corrected chi connectivity index (χ3v) is 13.8. The number of Topliss-reactive ketones (excluding diaryl/α,β-unsaturated/α-hetero) is 2. The highest BCUT2D eigenvalue weighted by Crippen LogP contribution is 2.49. The molecule has 9 nitrogen and oxygen atoms in total. The lowest BCUT2D eigenvalue weighted by Gasteiger charge is -2.35. The van der Waals surface area contributed by atoms with E-state index in [4.69, 9.17) is 9.05 Å². The van der Waals surface area contributed by atoms with Crippen molar-refractivity contribution in [3.8, 4) is 0 Å². The molecule has 0 heterocycles. The second-order valence-corrected chi connectivity index (χ2v) is 21.3. The smallest absolute Gasteiger partial charge is 0.394 e. The molecule has 0 aliphatic carbocycles. The third-order valence-electron chi connectivity index (χ3n) is 12.8. The first-order valence-electron chi connectivity index (χ1n) is 26.7. The van der Waals surface area contributed by atoms with Crippen LogP contribution in [0.15, 0.2) is 0 Å². The van der Waals surface area contributed by atoms with Gasteiger partial charge in [-0.2, -0.15) is 0 Å². The minimum absolute atomic E-state index is 0.0975. The molecule has 0 rings (SSSR count). The first-order valence-corrected chi connectivity index (χ1v) is 28.2. The minimum atomic E-state index is -4.96. The van der Waals surface area contributed by atoms with Gasteiger partial charge in [-0.15, -0.1) is 0 Å². The Bertz CT molecular complexity index is 1010. The maximum Gasteiger partial charge on any atom is 0.473 e. The van der Waals surface area contributed by atoms with Crippen LogP contribution in [-0.4, -0.2) is 83.8 Å². The Balaban J connectivity index is 4.68. The molecule has 0 saturated heterocycles. The van der Waals surface area contributed by atoms with Crippen molar-refractivity contribution in [2.45, 2.75) is 282 Å². The van der Waals surface area contributed by atoms with E-state index in [1.54, 1.807) is 0 Å². The summed E-state index contributed by atoms with van der Waals surface area (Å²) in [6.07, 6.45) is 44.3. The number of hydrogen-bond acceptors (Lipinski definition) is 7. The monoisotopic (exact) mass is 903 g/mol. The first-order chi connectivity index (χ1) is 29.9. The molecule has 0 aliphatic rings. The molecule has 0 spiro atoms. The number of nitrogens with zero attached hydrogens (tertiary/aromatic N) is 1. The average Bonchev–Trinajstić information content (AvgIpc) is 3.23. The Morgan fingerprint density at radius 1 is 0.484 bits per heavy atom. The highest BCUT2D eigenvalue weighted by atomic mass is 31.2. The molecule has 0 amide bonds. The molecule has 0 aromatic carbocycles. The zero-order valence-electron chi connectivity index (χ0n) is 41.8. The van der Waals surface area contributed by atoms with Gasteiger partial charge in [-0.3, -0.25) is 18.6 Å². The average molecular weight is 903 g/mol. The van der Waals surface area contributed by atoms with Gasteiger partial charge in [-0.1, -0.05) is 245 Å². The number of aliphatic hydroxyl groups excluding tert-OH is 2. The van der Waals surface area contributed by atoms with Crippen LogP contribution in [0.3, 0.4) is 0 Å². The van der Waals surface area contributed by atoms with E-state index in [0.29, 0.717) is 23.9 Å². The number of phosphoric acid groups is 1. The van der Waals surface area contributed by atoms with Crippen molar-refractivity contribution in [2.75, 3.05) is 40.9 Å². The zero-order valence-corrected chi connectivity index (χ0v) is 42.7. The van der Waals surface area contributed by atoms with Gasteiger partial charge in [0.15, 0.2) is 11.6 Å². The second kappa shape index (κ2) is 41.7. The Hall–Kier alpha value is -0.670. The molecule has 0 saturated carbocycles. The highest BCUT2D eigenvalue weighted by Gasteiger charge is 2.55. The first kappa shape index (κ1) is 61.3. The lowest BCUT2D eigenvalue weighted by Crippen LogP contribution is -2.58. The van der Waals surface area contributed by atoms with Crippen LogP contribution >= 0.6 is 7.82 Å². The summed E-state index contributed by atoms with van der Waals surface area (Å²) in [6, 6.07) is 0. The predicted molar refractivity (Wildman–Crippen MR) is 262 cm³/mol.